The minimum absolute atomic E-state index is 0.256. The smallest absolute Gasteiger partial charge is 0.121 e. The summed E-state index contributed by atoms with van der Waals surface area (Å²) in [5, 5.41) is 12.3. The minimum Gasteiger partial charge on any atom is -0.383 e. The van der Waals surface area contributed by atoms with Crippen LogP contribution >= 0.6 is 0 Å². The molecule has 1 aromatic rings. The summed E-state index contributed by atoms with van der Waals surface area (Å²) in [7, 11) is 1.66. The maximum atomic E-state index is 9.14. The highest BCUT2D eigenvalue weighted by molar-refractivity contribution is 5.28. The monoisotopic (exact) mass is 246 g/mol. The van der Waals surface area contributed by atoms with Crippen LogP contribution in [0.5, 0.6) is 0 Å². The topological polar surface area (TPSA) is 45.0 Å². The van der Waals surface area contributed by atoms with E-state index >= 15 is 0 Å². The van der Waals surface area contributed by atoms with Crippen molar-refractivity contribution >= 4 is 0 Å². The summed E-state index contributed by atoms with van der Waals surface area (Å²) in [4.78, 5) is 0. The van der Waals surface area contributed by atoms with Crippen LogP contribution in [-0.4, -0.2) is 20.3 Å². The van der Waals surface area contributed by atoms with E-state index in [1.807, 2.05) is 12.1 Å². The molecule has 3 heteroatoms. The largest absolute Gasteiger partial charge is 0.383 e. The first-order valence-electron chi connectivity index (χ1n) is 6.38. The SMILES string of the molecule is COCCNC(C#N)c1ccc(CC(C)C)cc1. The number of nitrogens with zero attached hydrogens (tertiary/aromatic N) is 1. The second kappa shape index (κ2) is 7.86. The summed E-state index contributed by atoms with van der Waals surface area (Å²) < 4.78 is 4.96. The molecule has 0 radical (unpaired) electrons. The fraction of sp³-hybridized carbons (Fsp3) is 0.533. The number of hydrogen-bond acceptors (Lipinski definition) is 3. The number of nitriles is 1. The van der Waals surface area contributed by atoms with Crippen molar-refractivity contribution in [3.63, 3.8) is 0 Å². The van der Waals surface area contributed by atoms with Crippen LogP contribution in [0.1, 0.15) is 31.0 Å². The molecule has 98 valence electrons. The van der Waals surface area contributed by atoms with Crippen LogP contribution in [0, 0.1) is 17.2 Å². The van der Waals surface area contributed by atoms with Gasteiger partial charge in [0.05, 0.1) is 12.7 Å². The lowest BCUT2D eigenvalue weighted by Crippen LogP contribution is -2.23. The van der Waals surface area contributed by atoms with Crippen molar-refractivity contribution in [3.8, 4) is 6.07 Å². The Morgan fingerprint density at radius 3 is 2.44 bits per heavy atom. The first-order valence-corrected chi connectivity index (χ1v) is 6.38. The minimum atomic E-state index is -0.256. The Kier molecular flexibility index (Phi) is 6.42. The summed E-state index contributed by atoms with van der Waals surface area (Å²) in [5.74, 6) is 0.655. The molecule has 1 atom stereocenters. The van der Waals surface area contributed by atoms with Crippen LogP contribution in [0.4, 0.5) is 0 Å². The van der Waals surface area contributed by atoms with Crippen molar-refractivity contribution in [2.75, 3.05) is 20.3 Å². The molecule has 0 fully saturated rings. The van der Waals surface area contributed by atoms with Gasteiger partial charge in [0, 0.05) is 13.7 Å². The fourth-order valence-corrected chi connectivity index (χ4v) is 1.86. The molecule has 0 saturated heterocycles. The van der Waals surface area contributed by atoms with E-state index in [2.05, 4.69) is 37.4 Å². The summed E-state index contributed by atoms with van der Waals surface area (Å²) in [6.07, 6.45) is 1.08. The van der Waals surface area contributed by atoms with Crippen molar-refractivity contribution in [2.45, 2.75) is 26.3 Å². The Hall–Kier alpha value is -1.37. The van der Waals surface area contributed by atoms with Gasteiger partial charge in [-0.2, -0.15) is 5.26 Å². The summed E-state index contributed by atoms with van der Waals surface area (Å²) in [5.41, 5.74) is 2.34. The quantitative estimate of drug-likeness (QED) is 0.752. The molecule has 0 saturated carbocycles. The highest BCUT2D eigenvalue weighted by atomic mass is 16.5. The van der Waals surface area contributed by atoms with Crippen molar-refractivity contribution in [3.05, 3.63) is 35.4 Å². The first-order chi connectivity index (χ1) is 8.67. The molecule has 0 bridgehead atoms. The maximum absolute atomic E-state index is 9.14. The predicted molar refractivity (Wildman–Crippen MR) is 73.2 cm³/mol. The Bertz CT molecular complexity index is 378. The summed E-state index contributed by atoms with van der Waals surface area (Å²) in [6, 6.07) is 10.3. The number of benzene rings is 1. The van der Waals surface area contributed by atoms with E-state index < -0.39 is 0 Å². The van der Waals surface area contributed by atoms with Crippen molar-refractivity contribution in [1.29, 1.82) is 5.26 Å². The lowest BCUT2D eigenvalue weighted by atomic mass is 10.00. The van der Waals surface area contributed by atoms with E-state index in [0.717, 1.165) is 12.0 Å². The van der Waals surface area contributed by atoms with E-state index in [4.69, 9.17) is 10.00 Å². The Labute approximate surface area is 110 Å². The van der Waals surface area contributed by atoms with Gasteiger partial charge in [-0.05, 0) is 23.5 Å². The highest BCUT2D eigenvalue weighted by Crippen LogP contribution is 2.15. The van der Waals surface area contributed by atoms with Gasteiger partial charge in [0.1, 0.15) is 6.04 Å². The molecule has 0 aliphatic rings. The zero-order chi connectivity index (χ0) is 13.4. The fourth-order valence-electron chi connectivity index (χ4n) is 1.86. The van der Waals surface area contributed by atoms with Gasteiger partial charge >= 0.3 is 0 Å². The lowest BCUT2D eigenvalue weighted by Gasteiger charge is -2.12. The molecule has 1 N–H and O–H groups in total. The van der Waals surface area contributed by atoms with Crippen LogP contribution in [0.25, 0.3) is 0 Å². The van der Waals surface area contributed by atoms with Crippen molar-refractivity contribution in [1.82, 2.24) is 5.32 Å². The van der Waals surface area contributed by atoms with Crippen molar-refractivity contribution < 1.29 is 4.74 Å². The Morgan fingerprint density at radius 2 is 1.94 bits per heavy atom. The predicted octanol–water partition coefficient (Wildman–Crippen LogP) is 2.69. The molecule has 0 heterocycles. The molecule has 0 aliphatic heterocycles. The second-order valence-electron chi connectivity index (χ2n) is 4.85. The third-order valence-corrected chi connectivity index (χ3v) is 2.74. The third-order valence-electron chi connectivity index (χ3n) is 2.74. The van der Waals surface area contributed by atoms with E-state index in [1.165, 1.54) is 5.56 Å². The van der Waals surface area contributed by atoms with E-state index in [-0.39, 0.29) is 6.04 Å². The third kappa shape index (κ3) is 4.87. The molecule has 18 heavy (non-hydrogen) atoms. The standard InChI is InChI=1S/C15H22N2O/c1-12(2)10-13-4-6-14(7-5-13)15(11-16)17-8-9-18-3/h4-7,12,15,17H,8-10H2,1-3H3. The van der Waals surface area contributed by atoms with Crippen LogP contribution in [0.3, 0.4) is 0 Å². The number of rotatable bonds is 7. The molecular weight excluding hydrogens is 224 g/mol. The Balaban J connectivity index is 2.61. The van der Waals surface area contributed by atoms with Gasteiger partial charge in [0.2, 0.25) is 0 Å². The lowest BCUT2D eigenvalue weighted by molar-refractivity contribution is 0.198. The van der Waals surface area contributed by atoms with Crippen LogP contribution in [0.2, 0.25) is 0 Å². The molecule has 3 nitrogen and oxygen atoms in total. The van der Waals surface area contributed by atoms with Crippen LogP contribution in [0.15, 0.2) is 24.3 Å². The van der Waals surface area contributed by atoms with Gasteiger partial charge in [0.25, 0.3) is 0 Å². The van der Waals surface area contributed by atoms with Gasteiger partial charge in [-0.3, -0.25) is 5.32 Å². The van der Waals surface area contributed by atoms with Gasteiger partial charge < -0.3 is 4.74 Å². The zero-order valence-corrected chi connectivity index (χ0v) is 11.4. The second-order valence-corrected chi connectivity index (χ2v) is 4.85. The molecule has 0 aromatic heterocycles. The Morgan fingerprint density at radius 1 is 1.28 bits per heavy atom. The first kappa shape index (κ1) is 14.7. The number of hydrogen-bond donors (Lipinski definition) is 1. The number of ether oxygens (including phenoxy) is 1. The molecular formula is C15H22N2O. The van der Waals surface area contributed by atoms with E-state index in [0.29, 0.717) is 19.1 Å². The highest BCUT2D eigenvalue weighted by Gasteiger charge is 2.09. The molecule has 0 spiro atoms. The van der Waals surface area contributed by atoms with Gasteiger partial charge in [-0.25, -0.2) is 0 Å². The molecule has 0 amide bonds. The van der Waals surface area contributed by atoms with Crippen LogP contribution in [-0.2, 0) is 11.2 Å². The number of methoxy groups -OCH3 is 1. The molecule has 1 aromatic carbocycles. The van der Waals surface area contributed by atoms with Crippen molar-refractivity contribution in [2.24, 2.45) is 5.92 Å². The van der Waals surface area contributed by atoms with Gasteiger partial charge in [-0.15, -0.1) is 0 Å². The molecule has 1 unspecified atom stereocenters. The van der Waals surface area contributed by atoms with Gasteiger partial charge in [0.15, 0.2) is 0 Å². The maximum Gasteiger partial charge on any atom is 0.121 e. The molecule has 1 rings (SSSR count). The van der Waals surface area contributed by atoms with Crippen LogP contribution < -0.4 is 5.32 Å². The van der Waals surface area contributed by atoms with E-state index in [1.54, 1.807) is 7.11 Å². The zero-order valence-electron chi connectivity index (χ0n) is 11.4. The molecule has 0 aliphatic carbocycles. The average molecular weight is 246 g/mol. The average Bonchev–Trinajstić information content (AvgIpc) is 2.35. The van der Waals surface area contributed by atoms with E-state index in [9.17, 15) is 0 Å². The normalized spacial score (nSPS) is 12.4. The summed E-state index contributed by atoms with van der Waals surface area (Å²) >= 11 is 0. The number of nitrogens with one attached hydrogen (secondary N) is 1. The van der Waals surface area contributed by atoms with Gasteiger partial charge in [-0.1, -0.05) is 38.1 Å². The summed E-state index contributed by atoms with van der Waals surface area (Å²) in [6.45, 7) is 5.71.